The Morgan fingerprint density at radius 3 is 1.35 bits per heavy atom. The Bertz CT molecular complexity index is 175. The van der Waals surface area contributed by atoms with E-state index in [1.807, 2.05) is 0 Å². The Balaban J connectivity index is 3.99. The molecule has 0 saturated heterocycles. The summed E-state index contributed by atoms with van der Waals surface area (Å²) in [6.07, 6.45) is 7.24. The van der Waals surface area contributed by atoms with Crippen LogP contribution in [0.4, 0.5) is 0 Å². The van der Waals surface area contributed by atoms with Gasteiger partial charge in [-0.25, -0.2) is 0 Å². The SMILES string of the molecule is CCCCCC(Cl)(Cl)OC(Cl)(Cl)CCCCC. The van der Waals surface area contributed by atoms with Gasteiger partial charge in [0.05, 0.1) is 0 Å². The fourth-order valence-corrected chi connectivity index (χ4v) is 2.70. The first-order valence-corrected chi connectivity index (χ1v) is 7.80. The Labute approximate surface area is 125 Å². The predicted molar refractivity (Wildman–Crippen MR) is 78.2 cm³/mol. The average molecular weight is 324 g/mol. The van der Waals surface area contributed by atoms with Gasteiger partial charge in [-0.3, -0.25) is 0 Å². The number of halogens is 4. The molecule has 1 nitrogen and oxygen atoms in total. The van der Waals surface area contributed by atoms with Gasteiger partial charge in [0.15, 0.2) is 0 Å². The molecule has 5 heteroatoms. The van der Waals surface area contributed by atoms with E-state index >= 15 is 0 Å². The van der Waals surface area contributed by atoms with Crippen molar-refractivity contribution in [2.24, 2.45) is 0 Å². The summed E-state index contributed by atoms with van der Waals surface area (Å²) in [4.78, 5) is 0. The van der Waals surface area contributed by atoms with E-state index in [1.54, 1.807) is 0 Å². The van der Waals surface area contributed by atoms with Crippen molar-refractivity contribution >= 4 is 46.4 Å². The molecule has 0 bridgehead atoms. The Kier molecular flexibility index (Phi) is 9.69. The molecular formula is C12H22Cl4O. The van der Waals surface area contributed by atoms with Gasteiger partial charge in [-0.1, -0.05) is 85.9 Å². The number of rotatable bonds is 10. The summed E-state index contributed by atoms with van der Waals surface area (Å²) in [6.45, 7) is 4.23. The smallest absolute Gasteiger partial charge is 0.220 e. The lowest BCUT2D eigenvalue weighted by Gasteiger charge is -2.29. The molecule has 0 aromatic rings. The van der Waals surface area contributed by atoms with Crippen LogP contribution >= 0.6 is 46.4 Å². The van der Waals surface area contributed by atoms with Crippen molar-refractivity contribution in [2.75, 3.05) is 0 Å². The lowest BCUT2D eigenvalue weighted by molar-refractivity contribution is 0.0163. The van der Waals surface area contributed by atoms with Gasteiger partial charge in [0.2, 0.25) is 9.04 Å². The summed E-state index contributed by atoms with van der Waals surface area (Å²) < 4.78 is 2.81. The van der Waals surface area contributed by atoms with E-state index in [1.165, 1.54) is 0 Å². The summed E-state index contributed by atoms with van der Waals surface area (Å²) in [5.74, 6) is 0. The van der Waals surface area contributed by atoms with Gasteiger partial charge in [-0.15, -0.1) is 0 Å². The van der Waals surface area contributed by atoms with E-state index in [4.69, 9.17) is 51.1 Å². The molecule has 0 aromatic heterocycles. The molecule has 0 fully saturated rings. The second-order valence-corrected chi connectivity index (χ2v) is 7.12. The number of unbranched alkanes of at least 4 members (excludes halogenated alkanes) is 4. The Morgan fingerprint density at radius 1 is 0.706 bits per heavy atom. The highest BCUT2D eigenvalue weighted by Gasteiger charge is 2.36. The van der Waals surface area contributed by atoms with Crippen LogP contribution in [0.1, 0.15) is 65.2 Å². The highest BCUT2D eigenvalue weighted by molar-refractivity contribution is 6.50. The summed E-state index contributed by atoms with van der Waals surface area (Å²) in [5.41, 5.74) is 0. The molecule has 0 spiro atoms. The third-order valence-electron chi connectivity index (χ3n) is 2.44. The van der Waals surface area contributed by atoms with Crippen LogP contribution in [0, 0.1) is 0 Å². The first-order valence-electron chi connectivity index (χ1n) is 6.29. The van der Waals surface area contributed by atoms with E-state index in [9.17, 15) is 0 Å². The zero-order chi connectivity index (χ0) is 13.4. The van der Waals surface area contributed by atoms with Gasteiger partial charge in [0, 0.05) is 12.8 Å². The number of alkyl halides is 4. The van der Waals surface area contributed by atoms with Gasteiger partial charge in [0.1, 0.15) is 0 Å². The number of ether oxygens (including phenoxy) is 1. The Morgan fingerprint density at radius 2 is 1.06 bits per heavy atom. The lowest BCUT2D eigenvalue weighted by Crippen LogP contribution is -2.29. The van der Waals surface area contributed by atoms with Crippen molar-refractivity contribution in [2.45, 2.75) is 74.3 Å². The average Bonchev–Trinajstić information content (AvgIpc) is 2.16. The van der Waals surface area contributed by atoms with Crippen LogP contribution in [0.25, 0.3) is 0 Å². The predicted octanol–water partition coefficient (Wildman–Crippen LogP) is 6.43. The standard InChI is InChI=1S/C12H22Cl4O/c1-3-5-7-9-11(13,14)17-12(15,16)10-8-6-4-2/h3-10H2,1-2H3. The third kappa shape index (κ3) is 10.7. The third-order valence-corrected chi connectivity index (χ3v) is 3.51. The normalized spacial score (nSPS) is 13.1. The summed E-state index contributed by atoms with van der Waals surface area (Å²) >= 11 is 24.2. The number of hydrogen-bond donors (Lipinski definition) is 0. The van der Waals surface area contributed by atoms with E-state index in [-0.39, 0.29) is 0 Å². The second-order valence-electron chi connectivity index (χ2n) is 4.29. The van der Waals surface area contributed by atoms with Gasteiger partial charge in [0.25, 0.3) is 0 Å². The van der Waals surface area contributed by atoms with E-state index in [0.717, 1.165) is 38.5 Å². The van der Waals surface area contributed by atoms with Crippen molar-refractivity contribution in [3.8, 4) is 0 Å². The fourth-order valence-electron chi connectivity index (χ4n) is 1.48. The van der Waals surface area contributed by atoms with Crippen molar-refractivity contribution in [3.63, 3.8) is 0 Å². The first kappa shape index (κ1) is 18.1. The van der Waals surface area contributed by atoms with Crippen LogP contribution in [-0.4, -0.2) is 9.04 Å². The minimum absolute atomic E-state index is 0.541. The second kappa shape index (κ2) is 9.09. The van der Waals surface area contributed by atoms with Crippen LogP contribution in [-0.2, 0) is 4.74 Å². The molecule has 104 valence electrons. The number of hydrogen-bond acceptors (Lipinski definition) is 1. The van der Waals surface area contributed by atoms with Crippen LogP contribution in [0.15, 0.2) is 0 Å². The van der Waals surface area contributed by atoms with Crippen molar-refractivity contribution in [1.82, 2.24) is 0 Å². The summed E-state index contributed by atoms with van der Waals surface area (Å²) in [5, 5.41) is 0. The highest BCUT2D eigenvalue weighted by atomic mass is 35.5. The molecule has 0 aliphatic rings. The van der Waals surface area contributed by atoms with E-state index < -0.39 is 9.04 Å². The molecule has 0 rings (SSSR count). The fraction of sp³-hybridized carbons (Fsp3) is 1.00. The molecule has 0 radical (unpaired) electrons. The molecule has 0 aromatic carbocycles. The zero-order valence-corrected chi connectivity index (χ0v) is 13.6. The van der Waals surface area contributed by atoms with Crippen LogP contribution in [0.5, 0.6) is 0 Å². The molecule has 0 aliphatic carbocycles. The molecule has 0 atom stereocenters. The molecule has 0 aliphatic heterocycles. The molecule has 0 amide bonds. The van der Waals surface area contributed by atoms with Gasteiger partial charge in [-0.05, 0) is 12.8 Å². The molecule has 0 heterocycles. The molecule has 0 N–H and O–H groups in total. The molecular weight excluding hydrogens is 302 g/mol. The molecule has 0 saturated carbocycles. The van der Waals surface area contributed by atoms with Gasteiger partial charge < -0.3 is 4.74 Å². The van der Waals surface area contributed by atoms with Crippen LogP contribution in [0.3, 0.4) is 0 Å². The maximum atomic E-state index is 6.04. The van der Waals surface area contributed by atoms with Crippen LogP contribution in [0.2, 0.25) is 0 Å². The minimum Gasteiger partial charge on any atom is -0.310 e. The Hall–Kier alpha value is 1.12. The van der Waals surface area contributed by atoms with E-state index in [2.05, 4.69) is 13.8 Å². The van der Waals surface area contributed by atoms with Crippen molar-refractivity contribution in [3.05, 3.63) is 0 Å². The highest BCUT2D eigenvalue weighted by Crippen LogP contribution is 2.40. The molecule has 0 unspecified atom stereocenters. The summed E-state index contributed by atoms with van der Waals surface area (Å²) in [7, 11) is 0. The van der Waals surface area contributed by atoms with Crippen molar-refractivity contribution < 1.29 is 4.74 Å². The topological polar surface area (TPSA) is 9.23 Å². The minimum atomic E-state index is -1.29. The quantitative estimate of drug-likeness (QED) is 0.332. The van der Waals surface area contributed by atoms with E-state index in [0.29, 0.717) is 12.8 Å². The lowest BCUT2D eigenvalue weighted by atomic mass is 10.2. The maximum Gasteiger partial charge on any atom is 0.220 e. The first-order chi connectivity index (χ1) is 7.83. The van der Waals surface area contributed by atoms with Crippen LogP contribution < -0.4 is 0 Å². The van der Waals surface area contributed by atoms with Gasteiger partial charge >= 0.3 is 0 Å². The molecule has 17 heavy (non-hydrogen) atoms. The summed E-state index contributed by atoms with van der Waals surface area (Å²) in [6, 6.07) is 0. The van der Waals surface area contributed by atoms with Gasteiger partial charge in [-0.2, -0.15) is 0 Å². The largest absolute Gasteiger partial charge is 0.310 e. The zero-order valence-electron chi connectivity index (χ0n) is 10.6. The van der Waals surface area contributed by atoms with Crippen molar-refractivity contribution in [1.29, 1.82) is 0 Å². The monoisotopic (exact) mass is 322 g/mol. The maximum absolute atomic E-state index is 6.04.